The molecule has 140 valence electrons. The Labute approximate surface area is 160 Å². The van der Waals surface area contributed by atoms with Crippen molar-refractivity contribution in [1.29, 1.82) is 0 Å². The van der Waals surface area contributed by atoms with Gasteiger partial charge in [0, 0.05) is 35.5 Å². The molecule has 0 unspecified atom stereocenters. The highest BCUT2D eigenvalue weighted by Gasteiger charge is 2.19. The third-order valence-corrected chi connectivity index (χ3v) is 4.13. The Morgan fingerprint density at radius 1 is 0.750 bits per heavy atom. The molecule has 0 aliphatic carbocycles. The largest absolute Gasteiger partial charge is 0.304 e. The predicted molar refractivity (Wildman–Crippen MR) is 103 cm³/mol. The molecule has 28 heavy (non-hydrogen) atoms. The molecule has 3 aromatic carbocycles. The number of benzene rings is 3. The quantitative estimate of drug-likeness (QED) is 0.469. The van der Waals surface area contributed by atoms with Crippen molar-refractivity contribution in [2.24, 2.45) is 0 Å². The summed E-state index contributed by atoms with van der Waals surface area (Å²) < 4.78 is 0. The van der Waals surface area contributed by atoms with E-state index in [4.69, 9.17) is 0 Å². The van der Waals surface area contributed by atoms with Crippen molar-refractivity contribution < 1.29 is 14.6 Å². The Kier molecular flexibility index (Phi) is 5.40. The monoisotopic (exact) mass is 377 g/mol. The van der Waals surface area contributed by atoms with Gasteiger partial charge in [0.25, 0.3) is 17.3 Å². The zero-order valence-electron chi connectivity index (χ0n) is 14.6. The number of hydrogen-bond donors (Lipinski definition) is 0. The van der Waals surface area contributed by atoms with Crippen molar-refractivity contribution in [2.75, 3.05) is 4.90 Å². The van der Waals surface area contributed by atoms with Crippen LogP contribution in [0.1, 0.15) is 15.9 Å². The second kappa shape index (κ2) is 8.09. The maximum atomic E-state index is 13.1. The van der Waals surface area contributed by atoms with Crippen molar-refractivity contribution in [3.8, 4) is 0 Å². The van der Waals surface area contributed by atoms with E-state index in [1.807, 2.05) is 6.07 Å². The first kappa shape index (κ1) is 18.7. The van der Waals surface area contributed by atoms with Crippen molar-refractivity contribution in [1.82, 2.24) is 0 Å². The number of amides is 1. The molecule has 0 N–H and O–H groups in total. The summed E-state index contributed by atoms with van der Waals surface area (Å²) in [6, 6.07) is 20.3. The van der Waals surface area contributed by atoms with Crippen LogP contribution < -0.4 is 4.90 Å². The second-order valence-electron chi connectivity index (χ2n) is 5.95. The SMILES string of the molecule is O=C(c1ccc([N+](=O)[O-])cc1)N(Cc1ccc([N+](=O)[O-])cc1)c1ccccc1. The molecular weight excluding hydrogens is 362 g/mol. The molecule has 0 spiro atoms. The van der Waals surface area contributed by atoms with Crippen LogP contribution in [0.25, 0.3) is 0 Å². The fraction of sp³-hybridized carbons (Fsp3) is 0.0500. The van der Waals surface area contributed by atoms with E-state index >= 15 is 0 Å². The molecule has 0 aliphatic rings. The smallest absolute Gasteiger partial charge is 0.269 e. The molecule has 0 radical (unpaired) electrons. The van der Waals surface area contributed by atoms with Gasteiger partial charge in [-0.05, 0) is 29.8 Å². The van der Waals surface area contributed by atoms with E-state index in [-0.39, 0.29) is 23.8 Å². The van der Waals surface area contributed by atoms with Crippen LogP contribution in [0.15, 0.2) is 78.9 Å². The number of nitro benzene ring substituents is 2. The summed E-state index contributed by atoms with van der Waals surface area (Å²) >= 11 is 0. The van der Waals surface area contributed by atoms with Crippen molar-refractivity contribution in [3.63, 3.8) is 0 Å². The summed E-state index contributed by atoms with van der Waals surface area (Å²) in [5.41, 5.74) is 1.53. The minimum absolute atomic E-state index is 0.0308. The van der Waals surface area contributed by atoms with Gasteiger partial charge in [-0.25, -0.2) is 0 Å². The molecular formula is C20H15N3O5. The second-order valence-corrected chi connectivity index (χ2v) is 5.95. The Balaban J connectivity index is 1.91. The van der Waals surface area contributed by atoms with Crippen LogP contribution >= 0.6 is 0 Å². The Morgan fingerprint density at radius 2 is 1.25 bits per heavy atom. The van der Waals surface area contributed by atoms with Crippen LogP contribution in [-0.2, 0) is 6.54 Å². The Morgan fingerprint density at radius 3 is 1.75 bits per heavy atom. The Hall–Kier alpha value is -4.07. The van der Waals surface area contributed by atoms with E-state index in [2.05, 4.69) is 0 Å². The van der Waals surface area contributed by atoms with Gasteiger partial charge in [-0.3, -0.25) is 25.0 Å². The maximum Gasteiger partial charge on any atom is 0.269 e. The third-order valence-electron chi connectivity index (χ3n) is 4.13. The lowest BCUT2D eigenvalue weighted by molar-refractivity contribution is -0.385. The van der Waals surface area contributed by atoms with E-state index in [1.165, 1.54) is 41.3 Å². The van der Waals surface area contributed by atoms with E-state index < -0.39 is 9.85 Å². The minimum Gasteiger partial charge on any atom is -0.304 e. The number of nitrogens with zero attached hydrogens (tertiary/aromatic N) is 3. The summed E-state index contributed by atoms with van der Waals surface area (Å²) in [6.07, 6.45) is 0. The molecule has 0 bridgehead atoms. The van der Waals surface area contributed by atoms with E-state index in [0.29, 0.717) is 16.8 Å². The zero-order valence-corrected chi connectivity index (χ0v) is 14.6. The molecule has 8 heteroatoms. The third kappa shape index (κ3) is 4.18. The van der Waals surface area contributed by atoms with Gasteiger partial charge in [-0.2, -0.15) is 0 Å². The van der Waals surface area contributed by atoms with Gasteiger partial charge in [-0.1, -0.05) is 30.3 Å². The van der Waals surface area contributed by atoms with Crippen molar-refractivity contribution >= 4 is 23.0 Å². The molecule has 1 amide bonds. The first-order chi connectivity index (χ1) is 13.5. The van der Waals surface area contributed by atoms with Crippen LogP contribution in [0.2, 0.25) is 0 Å². The summed E-state index contributed by atoms with van der Waals surface area (Å²) in [5.74, 6) is -0.334. The maximum absolute atomic E-state index is 13.1. The number of para-hydroxylation sites is 1. The van der Waals surface area contributed by atoms with Crippen LogP contribution in [-0.4, -0.2) is 15.8 Å². The highest BCUT2D eigenvalue weighted by atomic mass is 16.6. The molecule has 8 nitrogen and oxygen atoms in total. The summed E-state index contributed by atoms with van der Waals surface area (Å²) in [6.45, 7) is 0.192. The van der Waals surface area contributed by atoms with Crippen LogP contribution in [0, 0.1) is 20.2 Å². The lowest BCUT2D eigenvalue weighted by Gasteiger charge is -2.23. The molecule has 0 fully saturated rings. The van der Waals surface area contributed by atoms with Gasteiger partial charge in [0.1, 0.15) is 0 Å². The predicted octanol–water partition coefficient (Wildman–Crippen LogP) is 4.35. The Bertz CT molecular complexity index is 1000. The number of anilines is 1. The highest BCUT2D eigenvalue weighted by molar-refractivity contribution is 6.06. The summed E-state index contributed by atoms with van der Waals surface area (Å²) in [5, 5.41) is 21.6. The average Bonchev–Trinajstić information content (AvgIpc) is 2.72. The molecule has 0 heterocycles. The van der Waals surface area contributed by atoms with Crippen molar-refractivity contribution in [3.05, 3.63) is 110 Å². The molecule has 3 rings (SSSR count). The number of rotatable bonds is 6. The first-order valence-corrected chi connectivity index (χ1v) is 8.30. The number of non-ortho nitro benzene ring substituents is 2. The standard InChI is InChI=1S/C20H15N3O5/c24-20(16-8-12-19(13-9-16)23(27)28)21(17-4-2-1-3-5-17)14-15-6-10-18(11-7-15)22(25)26/h1-13H,14H2. The highest BCUT2D eigenvalue weighted by Crippen LogP contribution is 2.22. The number of carbonyl (C=O) groups excluding carboxylic acids is 1. The van der Waals surface area contributed by atoms with E-state index in [1.54, 1.807) is 36.4 Å². The molecule has 0 atom stereocenters. The van der Waals surface area contributed by atoms with Gasteiger partial charge in [0.15, 0.2) is 0 Å². The minimum atomic E-state index is -0.528. The topological polar surface area (TPSA) is 107 Å². The van der Waals surface area contributed by atoms with Crippen LogP contribution in [0.3, 0.4) is 0 Å². The molecule has 0 aromatic heterocycles. The van der Waals surface area contributed by atoms with Gasteiger partial charge >= 0.3 is 0 Å². The van der Waals surface area contributed by atoms with E-state index in [0.717, 1.165) is 0 Å². The van der Waals surface area contributed by atoms with Crippen molar-refractivity contribution in [2.45, 2.75) is 6.54 Å². The number of hydrogen-bond acceptors (Lipinski definition) is 5. The van der Waals surface area contributed by atoms with E-state index in [9.17, 15) is 25.0 Å². The molecule has 0 saturated carbocycles. The van der Waals surface area contributed by atoms with Gasteiger partial charge < -0.3 is 4.90 Å². The van der Waals surface area contributed by atoms with Gasteiger partial charge in [0.05, 0.1) is 16.4 Å². The summed E-state index contributed by atoms with van der Waals surface area (Å²) in [4.78, 5) is 35.2. The fourth-order valence-electron chi connectivity index (χ4n) is 2.68. The van der Waals surface area contributed by atoms with Crippen LogP contribution in [0.4, 0.5) is 17.1 Å². The zero-order chi connectivity index (χ0) is 20.1. The van der Waals surface area contributed by atoms with Gasteiger partial charge in [0.2, 0.25) is 0 Å². The number of carbonyl (C=O) groups is 1. The lowest BCUT2D eigenvalue weighted by Crippen LogP contribution is -2.30. The number of nitro groups is 2. The summed E-state index contributed by atoms with van der Waals surface area (Å²) in [7, 11) is 0. The molecule has 3 aromatic rings. The van der Waals surface area contributed by atoms with Crippen LogP contribution in [0.5, 0.6) is 0 Å². The van der Waals surface area contributed by atoms with Gasteiger partial charge in [-0.15, -0.1) is 0 Å². The molecule has 0 aliphatic heterocycles. The fourth-order valence-corrected chi connectivity index (χ4v) is 2.68. The normalized spacial score (nSPS) is 10.3. The molecule has 0 saturated heterocycles. The first-order valence-electron chi connectivity index (χ1n) is 8.30. The average molecular weight is 377 g/mol. The lowest BCUT2D eigenvalue weighted by atomic mass is 10.1.